The quantitative estimate of drug-likeness (QED) is 0.747. The number of morpholine rings is 1. The second kappa shape index (κ2) is 7.14. The standard InChI is InChI=1S/C18H17N3O3S2/c1-11-4-2-6-14-16(11)19-18(26-14)20-17(23)13-9-24-10-15(22)21(13)8-12-5-3-7-25-12/h2-7,13H,8-10H2,1H3,(H,19,20,23)/t13-/m1/s1. The molecule has 0 spiro atoms. The number of amides is 2. The monoisotopic (exact) mass is 387 g/mol. The second-order valence-corrected chi connectivity index (χ2v) is 8.12. The molecule has 134 valence electrons. The lowest BCUT2D eigenvalue weighted by atomic mass is 10.2. The van der Waals surface area contributed by atoms with E-state index in [2.05, 4.69) is 10.3 Å². The minimum absolute atomic E-state index is 0.00941. The number of fused-ring (bicyclic) bond motifs is 1. The Hall–Kier alpha value is -2.29. The molecule has 1 saturated heterocycles. The maximum atomic E-state index is 12.8. The predicted octanol–water partition coefficient (Wildman–Crippen LogP) is 3.03. The third-order valence-corrected chi connectivity index (χ3v) is 6.05. The lowest BCUT2D eigenvalue weighted by Gasteiger charge is -2.33. The summed E-state index contributed by atoms with van der Waals surface area (Å²) in [7, 11) is 0. The number of benzene rings is 1. The third-order valence-electron chi connectivity index (χ3n) is 4.26. The van der Waals surface area contributed by atoms with Crippen LogP contribution in [0.2, 0.25) is 0 Å². The number of carbonyl (C=O) groups excluding carboxylic acids is 2. The van der Waals surface area contributed by atoms with Crippen molar-refractivity contribution in [1.82, 2.24) is 9.88 Å². The average molecular weight is 387 g/mol. The molecule has 3 heterocycles. The summed E-state index contributed by atoms with van der Waals surface area (Å²) in [5, 5.41) is 5.35. The summed E-state index contributed by atoms with van der Waals surface area (Å²) in [5.74, 6) is -0.448. The SMILES string of the molecule is Cc1cccc2sc(NC(=O)[C@H]3COCC(=O)N3Cc3cccs3)nc12. The Morgan fingerprint density at radius 3 is 3.04 bits per heavy atom. The van der Waals surface area contributed by atoms with Crippen LogP contribution in [0.15, 0.2) is 35.7 Å². The maximum absolute atomic E-state index is 12.8. The highest BCUT2D eigenvalue weighted by atomic mass is 32.1. The van der Waals surface area contributed by atoms with Crippen LogP contribution >= 0.6 is 22.7 Å². The van der Waals surface area contributed by atoms with Gasteiger partial charge in [-0.05, 0) is 30.0 Å². The van der Waals surface area contributed by atoms with Crippen molar-refractivity contribution in [2.45, 2.75) is 19.5 Å². The molecule has 0 unspecified atom stereocenters. The van der Waals surface area contributed by atoms with Gasteiger partial charge in [0.15, 0.2) is 5.13 Å². The Bertz CT molecular complexity index is 952. The number of para-hydroxylation sites is 1. The molecule has 0 saturated carbocycles. The summed E-state index contributed by atoms with van der Waals surface area (Å²) in [6.45, 7) is 2.60. The number of nitrogens with one attached hydrogen (secondary N) is 1. The zero-order valence-electron chi connectivity index (χ0n) is 14.1. The third kappa shape index (κ3) is 3.35. The van der Waals surface area contributed by atoms with E-state index >= 15 is 0 Å². The molecule has 1 aliphatic heterocycles. The van der Waals surface area contributed by atoms with Gasteiger partial charge >= 0.3 is 0 Å². The van der Waals surface area contributed by atoms with E-state index in [1.807, 2.05) is 42.6 Å². The Morgan fingerprint density at radius 1 is 1.38 bits per heavy atom. The summed E-state index contributed by atoms with van der Waals surface area (Å²) >= 11 is 2.99. The van der Waals surface area contributed by atoms with Crippen LogP contribution in [0.3, 0.4) is 0 Å². The summed E-state index contributed by atoms with van der Waals surface area (Å²) in [4.78, 5) is 32.2. The number of rotatable bonds is 4. The highest BCUT2D eigenvalue weighted by molar-refractivity contribution is 7.22. The number of aryl methyl sites for hydroxylation is 1. The van der Waals surface area contributed by atoms with Crippen molar-refractivity contribution < 1.29 is 14.3 Å². The maximum Gasteiger partial charge on any atom is 0.251 e. The molecule has 0 bridgehead atoms. The number of ether oxygens (including phenoxy) is 1. The molecule has 4 rings (SSSR count). The van der Waals surface area contributed by atoms with E-state index < -0.39 is 6.04 Å². The molecule has 1 fully saturated rings. The summed E-state index contributed by atoms with van der Waals surface area (Å²) in [6, 6.07) is 9.17. The molecule has 3 aromatic rings. The average Bonchev–Trinajstić information content (AvgIpc) is 3.26. The number of thiazole rings is 1. The fourth-order valence-corrected chi connectivity index (χ4v) is 4.57. The largest absolute Gasteiger partial charge is 0.369 e. The van der Waals surface area contributed by atoms with Gasteiger partial charge in [-0.1, -0.05) is 29.5 Å². The number of nitrogens with zero attached hydrogens (tertiary/aromatic N) is 2. The van der Waals surface area contributed by atoms with Gasteiger partial charge in [-0.3, -0.25) is 9.59 Å². The summed E-state index contributed by atoms with van der Waals surface area (Å²) in [5.41, 5.74) is 1.95. The van der Waals surface area contributed by atoms with E-state index in [-0.39, 0.29) is 25.0 Å². The smallest absolute Gasteiger partial charge is 0.251 e. The van der Waals surface area contributed by atoms with Crippen LogP contribution in [0, 0.1) is 6.92 Å². The van der Waals surface area contributed by atoms with Crippen LogP contribution in [-0.2, 0) is 20.9 Å². The van der Waals surface area contributed by atoms with Gasteiger partial charge in [-0.2, -0.15) is 0 Å². The molecular formula is C18H17N3O3S2. The summed E-state index contributed by atoms with van der Waals surface area (Å²) < 4.78 is 6.34. The molecule has 8 heteroatoms. The number of thiophene rings is 1. The fraction of sp³-hybridized carbons (Fsp3) is 0.278. The number of hydrogen-bond acceptors (Lipinski definition) is 6. The van der Waals surface area contributed by atoms with E-state index in [1.165, 1.54) is 11.3 Å². The Morgan fingerprint density at radius 2 is 2.27 bits per heavy atom. The molecule has 26 heavy (non-hydrogen) atoms. The molecule has 0 aliphatic carbocycles. The lowest BCUT2D eigenvalue weighted by molar-refractivity contribution is -0.153. The zero-order valence-corrected chi connectivity index (χ0v) is 15.7. The van der Waals surface area contributed by atoms with Crippen molar-refractivity contribution in [2.24, 2.45) is 0 Å². The van der Waals surface area contributed by atoms with Crippen LogP contribution in [0.1, 0.15) is 10.4 Å². The van der Waals surface area contributed by atoms with E-state index in [0.29, 0.717) is 11.7 Å². The first-order valence-corrected chi connectivity index (χ1v) is 9.88. The van der Waals surface area contributed by atoms with Gasteiger partial charge in [0.25, 0.3) is 5.91 Å². The van der Waals surface area contributed by atoms with Crippen LogP contribution in [0.4, 0.5) is 5.13 Å². The molecule has 1 aliphatic rings. The van der Waals surface area contributed by atoms with Crippen molar-refractivity contribution in [3.05, 3.63) is 46.2 Å². The molecule has 0 radical (unpaired) electrons. The van der Waals surface area contributed by atoms with Crippen molar-refractivity contribution in [3.8, 4) is 0 Å². The van der Waals surface area contributed by atoms with Gasteiger partial charge in [0.2, 0.25) is 5.91 Å². The van der Waals surface area contributed by atoms with Crippen LogP contribution in [0.25, 0.3) is 10.2 Å². The topological polar surface area (TPSA) is 71.5 Å². The molecular weight excluding hydrogens is 370 g/mol. The van der Waals surface area contributed by atoms with Crippen molar-refractivity contribution in [1.29, 1.82) is 0 Å². The van der Waals surface area contributed by atoms with E-state index in [1.54, 1.807) is 16.2 Å². The second-order valence-electron chi connectivity index (χ2n) is 6.06. The lowest BCUT2D eigenvalue weighted by Crippen LogP contribution is -2.54. The van der Waals surface area contributed by atoms with Crippen LogP contribution in [-0.4, -0.2) is 41.0 Å². The molecule has 1 aromatic carbocycles. The van der Waals surface area contributed by atoms with Crippen molar-refractivity contribution in [3.63, 3.8) is 0 Å². The van der Waals surface area contributed by atoms with Crippen LogP contribution < -0.4 is 5.32 Å². The fourth-order valence-electron chi connectivity index (χ4n) is 2.92. The predicted molar refractivity (Wildman–Crippen MR) is 102 cm³/mol. The van der Waals surface area contributed by atoms with E-state index in [4.69, 9.17) is 4.74 Å². The van der Waals surface area contributed by atoms with Crippen molar-refractivity contribution in [2.75, 3.05) is 18.5 Å². The molecule has 1 atom stereocenters. The number of hydrogen-bond donors (Lipinski definition) is 1. The minimum atomic E-state index is -0.661. The highest BCUT2D eigenvalue weighted by Crippen LogP contribution is 2.28. The molecule has 2 amide bonds. The Labute approximate surface area is 158 Å². The van der Waals surface area contributed by atoms with Crippen molar-refractivity contribution >= 4 is 49.8 Å². The van der Waals surface area contributed by atoms with E-state index in [0.717, 1.165) is 20.7 Å². The highest BCUT2D eigenvalue weighted by Gasteiger charge is 2.34. The van der Waals surface area contributed by atoms with Crippen LogP contribution in [0.5, 0.6) is 0 Å². The molecule has 2 aromatic heterocycles. The zero-order chi connectivity index (χ0) is 18.1. The normalized spacial score (nSPS) is 17.7. The number of aromatic nitrogens is 1. The first-order valence-electron chi connectivity index (χ1n) is 8.18. The number of anilines is 1. The molecule has 6 nitrogen and oxygen atoms in total. The first kappa shape index (κ1) is 17.1. The first-order chi connectivity index (χ1) is 12.6. The Balaban J connectivity index is 1.54. The van der Waals surface area contributed by atoms with E-state index in [9.17, 15) is 9.59 Å². The van der Waals surface area contributed by atoms with Gasteiger partial charge in [-0.15, -0.1) is 11.3 Å². The summed E-state index contributed by atoms with van der Waals surface area (Å²) in [6.07, 6.45) is 0. The number of carbonyl (C=O) groups is 2. The van der Waals surface area contributed by atoms with Gasteiger partial charge in [0.1, 0.15) is 12.6 Å². The van der Waals surface area contributed by atoms with Gasteiger partial charge in [-0.25, -0.2) is 4.98 Å². The van der Waals surface area contributed by atoms with Gasteiger partial charge in [0, 0.05) is 4.88 Å². The molecule has 1 N–H and O–H groups in total. The minimum Gasteiger partial charge on any atom is -0.369 e. The van der Waals surface area contributed by atoms with Gasteiger partial charge < -0.3 is 15.0 Å². The Kier molecular flexibility index (Phi) is 4.71. The van der Waals surface area contributed by atoms with Gasteiger partial charge in [0.05, 0.1) is 23.4 Å².